The van der Waals surface area contributed by atoms with Gasteiger partial charge in [-0.1, -0.05) is 17.7 Å². The van der Waals surface area contributed by atoms with Gasteiger partial charge in [-0.3, -0.25) is 4.79 Å². The van der Waals surface area contributed by atoms with E-state index in [1.54, 1.807) is 0 Å². The fraction of sp³-hybridized carbons (Fsp3) is 0.533. The third kappa shape index (κ3) is 2.50. The van der Waals surface area contributed by atoms with Crippen LogP contribution >= 0.6 is 0 Å². The first-order valence-electron chi connectivity index (χ1n) is 6.61. The van der Waals surface area contributed by atoms with Gasteiger partial charge in [0.25, 0.3) is 0 Å². The minimum Gasteiger partial charge on any atom is -0.370 e. The zero-order chi connectivity index (χ0) is 13.3. The van der Waals surface area contributed by atoms with Gasteiger partial charge >= 0.3 is 0 Å². The van der Waals surface area contributed by atoms with Crippen molar-refractivity contribution in [2.45, 2.75) is 33.6 Å². The second kappa shape index (κ2) is 5.01. The van der Waals surface area contributed by atoms with Gasteiger partial charge in [0.05, 0.1) is 5.92 Å². The van der Waals surface area contributed by atoms with E-state index in [1.807, 2.05) is 0 Å². The maximum absolute atomic E-state index is 11.4. The Morgan fingerprint density at radius 1 is 1.28 bits per heavy atom. The minimum absolute atomic E-state index is 0.00106. The standard InChI is InChI=1S/C15H22N2O/c1-10-7-11(2)14(12(3)8-10)17-6-4-5-13(9-17)15(16)18/h7-8,13H,4-6,9H2,1-3H3,(H2,16,18). The number of hydrogen-bond acceptors (Lipinski definition) is 2. The number of hydrogen-bond donors (Lipinski definition) is 1. The molecule has 98 valence electrons. The van der Waals surface area contributed by atoms with E-state index < -0.39 is 0 Å². The van der Waals surface area contributed by atoms with Crippen molar-refractivity contribution in [2.24, 2.45) is 11.7 Å². The van der Waals surface area contributed by atoms with Crippen molar-refractivity contribution in [1.82, 2.24) is 0 Å². The molecular weight excluding hydrogens is 224 g/mol. The van der Waals surface area contributed by atoms with Gasteiger partial charge in [-0.15, -0.1) is 0 Å². The summed E-state index contributed by atoms with van der Waals surface area (Å²) in [4.78, 5) is 13.7. The number of rotatable bonds is 2. The fourth-order valence-corrected chi connectivity index (χ4v) is 3.08. The Hall–Kier alpha value is -1.51. The number of piperidine rings is 1. The highest BCUT2D eigenvalue weighted by molar-refractivity contribution is 5.78. The molecule has 2 rings (SSSR count). The van der Waals surface area contributed by atoms with Crippen LogP contribution in [0.25, 0.3) is 0 Å². The Kier molecular flexibility index (Phi) is 3.60. The lowest BCUT2D eigenvalue weighted by Gasteiger charge is -2.35. The average molecular weight is 246 g/mol. The SMILES string of the molecule is Cc1cc(C)c(N2CCCC(C(N)=O)C2)c(C)c1. The molecule has 1 fully saturated rings. The van der Waals surface area contributed by atoms with Gasteiger partial charge in [-0.05, 0) is 44.7 Å². The summed E-state index contributed by atoms with van der Waals surface area (Å²) in [5, 5.41) is 0. The maximum atomic E-state index is 11.4. The molecule has 1 unspecified atom stereocenters. The summed E-state index contributed by atoms with van der Waals surface area (Å²) in [7, 11) is 0. The van der Waals surface area contributed by atoms with E-state index in [2.05, 4.69) is 37.8 Å². The van der Waals surface area contributed by atoms with Crippen molar-refractivity contribution in [3.63, 3.8) is 0 Å². The second-order valence-electron chi connectivity index (χ2n) is 5.43. The fourth-order valence-electron chi connectivity index (χ4n) is 3.08. The Morgan fingerprint density at radius 2 is 1.89 bits per heavy atom. The first kappa shape index (κ1) is 12.9. The van der Waals surface area contributed by atoms with Gasteiger partial charge in [0.15, 0.2) is 0 Å². The van der Waals surface area contributed by atoms with Gasteiger partial charge in [-0.2, -0.15) is 0 Å². The molecule has 1 aromatic rings. The highest BCUT2D eigenvalue weighted by Crippen LogP contribution is 2.30. The third-order valence-corrected chi connectivity index (χ3v) is 3.78. The van der Waals surface area contributed by atoms with Gasteiger partial charge in [-0.25, -0.2) is 0 Å². The van der Waals surface area contributed by atoms with Gasteiger partial charge in [0.1, 0.15) is 0 Å². The van der Waals surface area contributed by atoms with E-state index in [0.29, 0.717) is 0 Å². The smallest absolute Gasteiger partial charge is 0.222 e. The van der Waals surface area contributed by atoms with E-state index in [4.69, 9.17) is 5.73 Å². The van der Waals surface area contributed by atoms with E-state index in [0.717, 1.165) is 25.9 Å². The van der Waals surface area contributed by atoms with E-state index >= 15 is 0 Å². The Balaban J connectivity index is 2.29. The zero-order valence-corrected chi connectivity index (χ0v) is 11.5. The van der Waals surface area contributed by atoms with Gasteiger partial charge in [0.2, 0.25) is 5.91 Å². The molecule has 0 aliphatic carbocycles. The number of carbonyl (C=O) groups excluding carboxylic acids is 1. The van der Waals surface area contributed by atoms with E-state index in [9.17, 15) is 4.79 Å². The second-order valence-corrected chi connectivity index (χ2v) is 5.43. The first-order valence-corrected chi connectivity index (χ1v) is 6.61. The first-order chi connectivity index (χ1) is 8.49. The molecule has 1 atom stereocenters. The number of benzene rings is 1. The molecule has 1 saturated heterocycles. The van der Waals surface area contributed by atoms with Crippen molar-refractivity contribution in [2.75, 3.05) is 18.0 Å². The Morgan fingerprint density at radius 3 is 2.44 bits per heavy atom. The molecule has 2 N–H and O–H groups in total. The largest absolute Gasteiger partial charge is 0.370 e. The highest BCUT2D eigenvalue weighted by Gasteiger charge is 2.25. The molecular formula is C15H22N2O. The summed E-state index contributed by atoms with van der Waals surface area (Å²) >= 11 is 0. The lowest BCUT2D eigenvalue weighted by atomic mass is 9.95. The number of amides is 1. The van der Waals surface area contributed by atoms with Crippen molar-refractivity contribution < 1.29 is 4.79 Å². The summed E-state index contributed by atoms with van der Waals surface area (Å²) < 4.78 is 0. The summed E-state index contributed by atoms with van der Waals surface area (Å²) in [6, 6.07) is 4.41. The molecule has 1 aliphatic heterocycles. The molecule has 1 amide bonds. The van der Waals surface area contributed by atoms with Crippen LogP contribution in [-0.4, -0.2) is 19.0 Å². The topological polar surface area (TPSA) is 46.3 Å². The van der Waals surface area contributed by atoms with Crippen LogP contribution in [0.15, 0.2) is 12.1 Å². The van der Waals surface area contributed by atoms with Gasteiger partial charge in [0, 0.05) is 18.8 Å². The zero-order valence-electron chi connectivity index (χ0n) is 11.5. The number of carbonyl (C=O) groups is 1. The minimum atomic E-state index is -0.165. The normalized spacial score (nSPS) is 19.9. The number of nitrogens with two attached hydrogens (primary N) is 1. The molecule has 1 aromatic carbocycles. The molecule has 1 heterocycles. The van der Waals surface area contributed by atoms with Crippen molar-refractivity contribution in [3.05, 3.63) is 28.8 Å². The number of primary amides is 1. The van der Waals surface area contributed by atoms with Crippen LogP contribution in [0.3, 0.4) is 0 Å². The van der Waals surface area contributed by atoms with Crippen molar-refractivity contribution >= 4 is 11.6 Å². The Bertz CT molecular complexity index is 445. The predicted octanol–water partition coefficient (Wildman–Crippen LogP) is 2.31. The summed E-state index contributed by atoms with van der Waals surface area (Å²) in [5.74, 6) is -0.166. The monoisotopic (exact) mass is 246 g/mol. The van der Waals surface area contributed by atoms with Crippen LogP contribution in [0.1, 0.15) is 29.5 Å². The van der Waals surface area contributed by atoms with Crippen LogP contribution < -0.4 is 10.6 Å². The molecule has 0 spiro atoms. The van der Waals surface area contributed by atoms with Crippen LogP contribution in [0, 0.1) is 26.7 Å². The van der Waals surface area contributed by atoms with Crippen molar-refractivity contribution in [3.8, 4) is 0 Å². The third-order valence-electron chi connectivity index (χ3n) is 3.78. The lowest BCUT2D eigenvalue weighted by molar-refractivity contribution is -0.122. The number of aryl methyl sites for hydroxylation is 3. The van der Waals surface area contributed by atoms with Crippen LogP contribution in [0.4, 0.5) is 5.69 Å². The Labute approximate surface area is 109 Å². The van der Waals surface area contributed by atoms with Crippen molar-refractivity contribution in [1.29, 1.82) is 0 Å². The molecule has 1 aliphatic rings. The summed E-state index contributed by atoms with van der Waals surface area (Å²) in [6.45, 7) is 8.19. The molecule has 0 saturated carbocycles. The van der Waals surface area contributed by atoms with Crippen LogP contribution in [0.2, 0.25) is 0 Å². The average Bonchev–Trinajstić information content (AvgIpc) is 2.28. The molecule has 0 radical (unpaired) electrons. The number of nitrogens with zero attached hydrogens (tertiary/aromatic N) is 1. The maximum Gasteiger partial charge on any atom is 0.222 e. The summed E-state index contributed by atoms with van der Waals surface area (Å²) in [6.07, 6.45) is 1.97. The lowest BCUT2D eigenvalue weighted by Crippen LogP contribution is -2.41. The number of anilines is 1. The van der Waals surface area contributed by atoms with Crippen LogP contribution in [-0.2, 0) is 4.79 Å². The van der Waals surface area contributed by atoms with E-state index in [1.165, 1.54) is 22.4 Å². The van der Waals surface area contributed by atoms with E-state index in [-0.39, 0.29) is 11.8 Å². The van der Waals surface area contributed by atoms with Crippen LogP contribution in [0.5, 0.6) is 0 Å². The van der Waals surface area contributed by atoms with Gasteiger partial charge < -0.3 is 10.6 Å². The summed E-state index contributed by atoms with van der Waals surface area (Å²) in [5.41, 5.74) is 10.6. The molecule has 3 nitrogen and oxygen atoms in total. The predicted molar refractivity (Wildman–Crippen MR) is 74.8 cm³/mol. The molecule has 18 heavy (non-hydrogen) atoms. The molecule has 3 heteroatoms. The quantitative estimate of drug-likeness (QED) is 0.870. The molecule has 0 aromatic heterocycles. The molecule has 0 bridgehead atoms. The highest BCUT2D eigenvalue weighted by atomic mass is 16.1.